The predicted octanol–water partition coefficient (Wildman–Crippen LogP) is 2.10. The van der Waals surface area contributed by atoms with Gasteiger partial charge in [0.15, 0.2) is 16.6 Å². The minimum Gasteiger partial charge on any atom is -0.486 e. The minimum absolute atomic E-state index is 0.118. The van der Waals surface area contributed by atoms with Crippen LogP contribution in [-0.2, 0) is 16.1 Å². The van der Waals surface area contributed by atoms with Gasteiger partial charge >= 0.3 is 0 Å². The van der Waals surface area contributed by atoms with Crippen molar-refractivity contribution in [3.05, 3.63) is 46.7 Å². The number of hydrogen-bond donors (Lipinski definition) is 2. The Kier molecular flexibility index (Phi) is 9.37. The number of fused-ring (bicyclic) bond motifs is 1. The normalized spacial score (nSPS) is 17.7. The van der Waals surface area contributed by atoms with Gasteiger partial charge in [-0.15, -0.1) is 11.3 Å². The van der Waals surface area contributed by atoms with E-state index in [2.05, 4.69) is 31.9 Å². The molecular weight excluding hydrogens is 472 g/mol. The molecule has 8 nitrogen and oxygen atoms in total. The van der Waals surface area contributed by atoms with E-state index in [1.54, 1.807) is 11.3 Å². The van der Waals surface area contributed by atoms with E-state index in [4.69, 9.17) is 26.4 Å². The number of morpholine rings is 1. The molecule has 0 bridgehead atoms. The second-order valence-electron chi connectivity index (χ2n) is 8.27. The van der Waals surface area contributed by atoms with Gasteiger partial charge in [-0.25, -0.2) is 0 Å². The second kappa shape index (κ2) is 12.9. The van der Waals surface area contributed by atoms with Crippen LogP contribution in [0.1, 0.15) is 11.3 Å². The molecule has 2 aliphatic heterocycles. The minimum atomic E-state index is -0.221. The fourth-order valence-corrected chi connectivity index (χ4v) is 4.82. The Labute approximate surface area is 210 Å². The van der Waals surface area contributed by atoms with E-state index in [-0.39, 0.29) is 18.6 Å². The number of carbonyl (C=O) groups is 1. The lowest BCUT2D eigenvalue weighted by Gasteiger charge is -2.29. The summed E-state index contributed by atoms with van der Waals surface area (Å²) >= 11 is 7.36. The van der Waals surface area contributed by atoms with E-state index in [0.717, 1.165) is 58.1 Å². The highest BCUT2D eigenvalue weighted by molar-refractivity contribution is 7.80. The molecule has 0 saturated carbocycles. The monoisotopic (exact) mass is 504 g/mol. The Hall–Kier alpha value is -2.40. The molecule has 1 atom stereocenters. The highest BCUT2D eigenvalue weighted by Crippen LogP contribution is 2.30. The SMILES string of the molecule is O=C(CNC(=S)N(CCCN1CCOCC1)Cc1cccs1)NC[C@H]1COc2ccccc2O1. The van der Waals surface area contributed by atoms with Gasteiger partial charge in [0.1, 0.15) is 12.7 Å². The van der Waals surface area contributed by atoms with E-state index in [9.17, 15) is 4.79 Å². The summed E-state index contributed by atoms with van der Waals surface area (Å²) in [5.41, 5.74) is 0. The third-order valence-electron chi connectivity index (χ3n) is 5.71. The van der Waals surface area contributed by atoms with Crippen LogP contribution in [0.15, 0.2) is 41.8 Å². The molecule has 4 rings (SSSR count). The van der Waals surface area contributed by atoms with Crippen molar-refractivity contribution in [2.75, 3.05) is 59.1 Å². The largest absolute Gasteiger partial charge is 0.486 e. The smallest absolute Gasteiger partial charge is 0.239 e. The number of hydrogen-bond acceptors (Lipinski definition) is 7. The Morgan fingerprint density at radius 2 is 1.97 bits per heavy atom. The van der Waals surface area contributed by atoms with Gasteiger partial charge in [0, 0.05) is 31.1 Å². The van der Waals surface area contributed by atoms with Gasteiger partial charge in [-0.2, -0.15) is 0 Å². The number of thiophene rings is 1. The molecule has 1 amide bonds. The van der Waals surface area contributed by atoms with E-state index >= 15 is 0 Å². The summed E-state index contributed by atoms with van der Waals surface area (Å²) < 4.78 is 17.0. The molecule has 2 aromatic rings. The van der Waals surface area contributed by atoms with E-state index < -0.39 is 0 Å². The van der Waals surface area contributed by atoms with Crippen LogP contribution >= 0.6 is 23.6 Å². The summed E-state index contributed by atoms with van der Waals surface area (Å²) in [5.74, 6) is 1.30. The van der Waals surface area contributed by atoms with Crippen LogP contribution < -0.4 is 20.1 Å². The van der Waals surface area contributed by atoms with E-state index in [0.29, 0.717) is 24.0 Å². The highest BCUT2D eigenvalue weighted by atomic mass is 32.1. The third kappa shape index (κ3) is 7.56. The molecule has 0 spiro atoms. The fourth-order valence-electron chi connectivity index (χ4n) is 3.87. The molecule has 1 aromatic heterocycles. The lowest BCUT2D eigenvalue weighted by atomic mass is 10.2. The summed E-state index contributed by atoms with van der Waals surface area (Å²) in [4.78, 5) is 18.2. The lowest BCUT2D eigenvalue weighted by molar-refractivity contribution is -0.120. The number of benzene rings is 1. The van der Waals surface area contributed by atoms with Crippen molar-refractivity contribution < 1.29 is 19.0 Å². The van der Waals surface area contributed by atoms with Crippen molar-refractivity contribution in [3.8, 4) is 11.5 Å². The maximum atomic E-state index is 12.4. The molecule has 34 heavy (non-hydrogen) atoms. The van der Waals surface area contributed by atoms with Crippen molar-refractivity contribution >= 4 is 34.6 Å². The van der Waals surface area contributed by atoms with Gasteiger partial charge in [0.25, 0.3) is 0 Å². The summed E-state index contributed by atoms with van der Waals surface area (Å²) in [5, 5.41) is 8.70. The van der Waals surface area contributed by atoms with Crippen LogP contribution in [0.25, 0.3) is 0 Å². The zero-order chi connectivity index (χ0) is 23.6. The number of rotatable bonds is 10. The van der Waals surface area contributed by atoms with Crippen molar-refractivity contribution in [1.82, 2.24) is 20.4 Å². The van der Waals surface area contributed by atoms with Crippen LogP contribution in [0.2, 0.25) is 0 Å². The first-order chi connectivity index (χ1) is 16.7. The van der Waals surface area contributed by atoms with Gasteiger partial charge in [0.05, 0.1) is 32.8 Å². The predicted molar refractivity (Wildman–Crippen MR) is 137 cm³/mol. The first-order valence-corrected chi connectivity index (χ1v) is 13.0. The first kappa shape index (κ1) is 24.7. The quantitative estimate of drug-likeness (QED) is 0.477. The maximum absolute atomic E-state index is 12.4. The summed E-state index contributed by atoms with van der Waals surface area (Å²) in [6, 6.07) is 11.7. The van der Waals surface area contributed by atoms with Crippen molar-refractivity contribution in [3.63, 3.8) is 0 Å². The molecule has 10 heteroatoms. The van der Waals surface area contributed by atoms with Crippen LogP contribution in [0.3, 0.4) is 0 Å². The first-order valence-electron chi connectivity index (χ1n) is 11.7. The number of thiocarbonyl (C=S) groups is 1. The summed E-state index contributed by atoms with van der Waals surface area (Å²) in [6.45, 7) is 7.05. The highest BCUT2D eigenvalue weighted by Gasteiger charge is 2.21. The maximum Gasteiger partial charge on any atom is 0.239 e. The fraction of sp³-hybridized carbons (Fsp3) is 0.500. The third-order valence-corrected chi connectivity index (χ3v) is 6.98. The summed E-state index contributed by atoms with van der Waals surface area (Å²) in [7, 11) is 0. The molecule has 0 radical (unpaired) electrons. The second-order valence-corrected chi connectivity index (χ2v) is 9.69. The molecule has 1 aromatic carbocycles. The molecular formula is C24H32N4O4S2. The number of para-hydroxylation sites is 2. The number of nitrogens with zero attached hydrogens (tertiary/aromatic N) is 2. The molecule has 184 valence electrons. The van der Waals surface area contributed by atoms with Gasteiger partial charge in [-0.05, 0) is 42.2 Å². The molecule has 0 aliphatic carbocycles. The zero-order valence-corrected chi connectivity index (χ0v) is 20.9. The van der Waals surface area contributed by atoms with Gasteiger partial charge in [0.2, 0.25) is 5.91 Å². The van der Waals surface area contributed by atoms with E-state index in [1.807, 2.05) is 30.3 Å². The standard InChI is InChI=1S/C24H32N4O4S2/c29-23(25-15-19-18-31-21-6-1-2-7-22(21)32-19)16-26-24(33)28(17-20-5-3-14-34-20)9-4-8-27-10-12-30-13-11-27/h1-3,5-7,14,19H,4,8-13,15-18H2,(H,25,29)(H,26,33)/t19-/m0/s1. The van der Waals surface area contributed by atoms with Crippen LogP contribution in [0.4, 0.5) is 0 Å². The molecule has 2 N–H and O–H groups in total. The van der Waals surface area contributed by atoms with Crippen molar-refractivity contribution in [2.45, 2.75) is 19.1 Å². The number of ether oxygens (including phenoxy) is 3. The van der Waals surface area contributed by atoms with E-state index in [1.165, 1.54) is 4.88 Å². The lowest BCUT2D eigenvalue weighted by Crippen LogP contribution is -2.47. The molecule has 0 unspecified atom stereocenters. The number of nitrogens with one attached hydrogen (secondary N) is 2. The Bertz CT molecular complexity index is 921. The number of amides is 1. The molecule has 2 aliphatic rings. The van der Waals surface area contributed by atoms with Crippen LogP contribution in [-0.4, -0.2) is 86.0 Å². The topological polar surface area (TPSA) is 75.3 Å². The van der Waals surface area contributed by atoms with Gasteiger partial charge in [-0.3, -0.25) is 9.69 Å². The molecule has 1 fully saturated rings. The Morgan fingerprint density at radius 1 is 1.15 bits per heavy atom. The van der Waals surface area contributed by atoms with Crippen molar-refractivity contribution in [2.24, 2.45) is 0 Å². The van der Waals surface area contributed by atoms with Gasteiger partial charge < -0.3 is 29.7 Å². The van der Waals surface area contributed by atoms with Crippen LogP contribution in [0, 0.1) is 0 Å². The Morgan fingerprint density at radius 3 is 2.76 bits per heavy atom. The molecule has 1 saturated heterocycles. The van der Waals surface area contributed by atoms with Gasteiger partial charge in [-0.1, -0.05) is 18.2 Å². The van der Waals surface area contributed by atoms with Crippen LogP contribution in [0.5, 0.6) is 11.5 Å². The average molecular weight is 505 g/mol. The number of carbonyl (C=O) groups excluding carboxylic acids is 1. The zero-order valence-electron chi connectivity index (χ0n) is 19.2. The Balaban J connectivity index is 1.20. The molecule has 3 heterocycles. The summed E-state index contributed by atoms with van der Waals surface area (Å²) in [6.07, 6.45) is 0.779. The average Bonchev–Trinajstić information content (AvgIpc) is 3.39. The van der Waals surface area contributed by atoms with Crippen molar-refractivity contribution in [1.29, 1.82) is 0 Å².